The van der Waals surface area contributed by atoms with Crippen LogP contribution < -0.4 is 10.6 Å². The van der Waals surface area contributed by atoms with Gasteiger partial charge < -0.3 is 15.4 Å². The molecule has 1 aromatic heterocycles. The van der Waals surface area contributed by atoms with E-state index in [1.165, 1.54) is 0 Å². The Hall–Kier alpha value is -1.14. The van der Waals surface area contributed by atoms with E-state index < -0.39 is 5.60 Å². The number of amides is 1. The zero-order valence-corrected chi connectivity index (χ0v) is 13.9. The third kappa shape index (κ3) is 6.34. The van der Waals surface area contributed by atoms with Gasteiger partial charge in [0.25, 0.3) is 0 Å². The van der Waals surface area contributed by atoms with Crippen molar-refractivity contribution < 1.29 is 9.53 Å². The molecule has 20 heavy (non-hydrogen) atoms. The number of nitrogens with zero attached hydrogens (tertiary/aromatic N) is 1. The van der Waals surface area contributed by atoms with Crippen LogP contribution in [0.4, 0.5) is 4.79 Å². The molecule has 1 amide bonds. The van der Waals surface area contributed by atoms with Crippen molar-refractivity contribution in [3.8, 4) is 0 Å². The Kier molecular flexibility index (Phi) is 5.95. The minimum atomic E-state index is -0.466. The van der Waals surface area contributed by atoms with Crippen LogP contribution in [-0.2, 0) is 4.74 Å². The molecule has 0 saturated carbocycles. The Morgan fingerprint density at radius 2 is 2.10 bits per heavy atom. The second-order valence-corrected chi connectivity index (χ2v) is 7.03. The lowest BCUT2D eigenvalue weighted by Crippen LogP contribution is -2.42. The summed E-state index contributed by atoms with van der Waals surface area (Å²) in [5.74, 6) is 0. The smallest absolute Gasteiger partial charge is 0.407 e. The van der Waals surface area contributed by atoms with Crippen LogP contribution in [0.3, 0.4) is 0 Å². The van der Waals surface area contributed by atoms with Crippen LogP contribution >= 0.6 is 11.3 Å². The first-order chi connectivity index (χ1) is 9.17. The molecular weight excluding hydrogens is 274 g/mol. The van der Waals surface area contributed by atoms with Crippen LogP contribution in [0.1, 0.15) is 51.4 Å². The Labute approximate surface area is 125 Å². The van der Waals surface area contributed by atoms with Crippen LogP contribution in [0.2, 0.25) is 0 Å². The standard InChI is InChI=1S/C14H25N3O2S/c1-9(7-15-13(18)19-14(4,5)6)16-10(2)12-8-20-11(3)17-12/h8-10,16H,7H2,1-6H3,(H,15,18). The van der Waals surface area contributed by atoms with Crippen LogP contribution in [-0.4, -0.2) is 29.3 Å². The third-order valence-corrected chi connectivity index (χ3v) is 3.36. The van der Waals surface area contributed by atoms with Crippen molar-refractivity contribution in [3.05, 3.63) is 16.1 Å². The van der Waals surface area contributed by atoms with Crippen molar-refractivity contribution in [1.29, 1.82) is 0 Å². The van der Waals surface area contributed by atoms with Crippen LogP contribution in [0.25, 0.3) is 0 Å². The largest absolute Gasteiger partial charge is 0.444 e. The van der Waals surface area contributed by atoms with E-state index in [1.54, 1.807) is 11.3 Å². The van der Waals surface area contributed by atoms with Crippen molar-refractivity contribution >= 4 is 17.4 Å². The predicted octanol–water partition coefficient (Wildman–Crippen LogP) is 3.02. The molecule has 0 fully saturated rings. The molecule has 2 unspecified atom stereocenters. The monoisotopic (exact) mass is 299 g/mol. The van der Waals surface area contributed by atoms with Crippen molar-refractivity contribution in [2.45, 2.75) is 59.2 Å². The summed E-state index contributed by atoms with van der Waals surface area (Å²) < 4.78 is 5.19. The number of rotatable bonds is 5. The molecule has 0 radical (unpaired) electrons. The molecule has 6 heteroatoms. The summed E-state index contributed by atoms with van der Waals surface area (Å²) in [5, 5.41) is 9.28. The number of carbonyl (C=O) groups excluding carboxylic acids is 1. The first-order valence-corrected chi connectivity index (χ1v) is 7.70. The Bertz CT molecular complexity index is 440. The summed E-state index contributed by atoms with van der Waals surface area (Å²) in [6.07, 6.45) is -0.386. The van der Waals surface area contributed by atoms with Gasteiger partial charge in [0.2, 0.25) is 0 Å². The fourth-order valence-electron chi connectivity index (χ4n) is 1.70. The molecule has 0 saturated heterocycles. The van der Waals surface area contributed by atoms with Gasteiger partial charge in [-0.05, 0) is 41.5 Å². The van der Waals surface area contributed by atoms with Gasteiger partial charge in [-0.25, -0.2) is 9.78 Å². The van der Waals surface area contributed by atoms with E-state index in [0.29, 0.717) is 6.54 Å². The van der Waals surface area contributed by atoms with E-state index in [2.05, 4.69) is 27.9 Å². The van der Waals surface area contributed by atoms with Gasteiger partial charge >= 0.3 is 6.09 Å². The Balaban J connectivity index is 2.33. The van der Waals surface area contributed by atoms with Crippen molar-refractivity contribution in [3.63, 3.8) is 0 Å². The number of aryl methyl sites for hydroxylation is 1. The second kappa shape index (κ2) is 7.04. The van der Waals surface area contributed by atoms with Crippen molar-refractivity contribution in [1.82, 2.24) is 15.6 Å². The molecule has 1 rings (SSSR count). The van der Waals surface area contributed by atoms with Gasteiger partial charge in [0.1, 0.15) is 5.60 Å². The highest BCUT2D eigenvalue weighted by molar-refractivity contribution is 7.09. The molecule has 0 bridgehead atoms. The number of carbonyl (C=O) groups is 1. The van der Waals surface area contributed by atoms with Crippen LogP contribution in [0, 0.1) is 6.92 Å². The Morgan fingerprint density at radius 1 is 1.45 bits per heavy atom. The number of alkyl carbamates (subject to hydrolysis) is 1. The third-order valence-electron chi connectivity index (χ3n) is 2.57. The fourth-order valence-corrected chi connectivity index (χ4v) is 2.41. The molecule has 0 aliphatic rings. The maximum atomic E-state index is 11.6. The molecule has 1 heterocycles. The average molecular weight is 299 g/mol. The van der Waals surface area contributed by atoms with Gasteiger partial charge in [-0.1, -0.05) is 0 Å². The van der Waals surface area contributed by atoms with Crippen LogP contribution in [0.5, 0.6) is 0 Å². The first-order valence-electron chi connectivity index (χ1n) is 6.82. The quantitative estimate of drug-likeness (QED) is 0.877. The zero-order valence-electron chi connectivity index (χ0n) is 13.1. The van der Waals surface area contributed by atoms with Crippen molar-refractivity contribution in [2.24, 2.45) is 0 Å². The summed E-state index contributed by atoms with van der Waals surface area (Å²) >= 11 is 1.64. The average Bonchev–Trinajstić information content (AvgIpc) is 2.71. The molecule has 2 N–H and O–H groups in total. The first kappa shape index (κ1) is 16.9. The minimum absolute atomic E-state index is 0.138. The molecule has 5 nitrogen and oxygen atoms in total. The molecular formula is C14H25N3O2S. The molecule has 0 aliphatic heterocycles. The fraction of sp³-hybridized carbons (Fsp3) is 0.714. The molecule has 1 aromatic rings. The van der Waals surface area contributed by atoms with E-state index in [4.69, 9.17) is 4.74 Å². The number of ether oxygens (including phenoxy) is 1. The van der Waals surface area contributed by atoms with E-state index in [9.17, 15) is 4.79 Å². The normalized spacial score (nSPS) is 14.7. The lowest BCUT2D eigenvalue weighted by molar-refractivity contribution is 0.0522. The molecule has 114 valence electrons. The minimum Gasteiger partial charge on any atom is -0.444 e. The molecule has 0 spiro atoms. The number of aromatic nitrogens is 1. The van der Waals surface area contributed by atoms with E-state index in [-0.39, 0.29) is 18.2 Å². The zero-order chi connectivity index (χ0) is 15.3. The topological polar surface area (TPSA) is 63.2 Å². The number of hydrogen-bond donors (Lipinski definition) is 2. The summed E-state index contributed by atoms with van der Waals surface area (Å²) in [7, 11) is 0. The van der Waals surface area contributed by atoms with Crippen molar-refractivity contribution in [2.75, 3.05) is 6.54 Å². The molecule has 0 aromatic carbocycles. The lowest BCUT2D eigenvalue weighted by Gasteiger charge is -2.22. The van der Waals surface area contributed by atoms with Gasteiger partial charge in [0, 0.05) is 24.0 Å². The van der Waals surface area contributed by atoms with Gasteiger partial charge in [-0.3, -0.25) is 0 Å². The number of nitrogens with one attached hydrogen (secondary N) is 2. The van der Waals surface area contributed by atoms with E-state index in [1.807, 2.05) is 34.6 Å². The van der Waals surface area contributed by atoms with E-state index >= 15 is 0 Å². The van der Waals surface area contributed by atoms with E-state index in [0.717, 1.165) is 10.7 Å². The predicted molar refractivity (Wildman–Crippen MR) is 82.1 cm³/mol. The van der Waals surface area contributed by atoms with Gasteiger partial charge in [-0.2, -0.15) is 0 Å². The maximum Gasteiger partial charge on any atom is 0.407 e. The lowest BCUT2D eigenvalue weighted by atomic mass is 10.2. The second-order valence-electron chi connectivity index (χ2n) is 5.96. The highest BCUT2D eigenvalue weighted by Crippen LogP contribution is 2.16. The summed E-state index contributed by atoms with van der Waals surface area (Å²) in [6.45, 7) is 12.1. The number of hydrogen-bond acceptors (Lipinski definition) is 5. The summed E-state index contributed by atoms with van der Waals surface area (Å²) in [6, 6.07) is 0.301. The summed E-state index contributed by atoms with van der Waals surface area (Å²) in [5.41, 5.74) is 0.572. The highest BCUT2D eigenvalue weighted by Gasteiger charge is 2.17. The maximum absolute atomic E-state index is 11.6. The SMILES string of the molecule is Cc1nc(C(C)NC(C)CNC(=O)OC(C)(C)C)cs1. The van der Waals surface area contributed by atoms with Gasteiger partial charge in [-0.15, -0.1) is 11.3 Å². The van der Waals surface area contributed by atoms with Gasteiger partial charge in [0.05, 0.1) is 10.7 Å². The molecule has 2 atom stereocenters. The molecule has 0 aliphatic carbocycles. The number of thiazole rings is 1. The Morgan fingerprint density at radius 3 is 2.60 bits per heavy atom. The van der Waals surface area contributed by atoms with Crippen LogP contribution in [0.15, 0.2) is 5.38 Å². The summed E-state index contributed by atoms with van der Waals surface area (Å²) in [4.78, 5) is 16.0. The van der Waals surface area contributed by atoms with Gasteiger partial charge in [0.15, 0.2) is 0 Å². The highest BCUT2D eigenvalue weighted by atomic mass is 32.1.